The van der Waals surface area contributed by atoms with Crippen molar-refractivity contribution < 1.29 is 14.3 Å². The molecular weight excluding hydrogens is 350 g/mol. The van der Waals surface area contributed by atoms with E-state index in [9.17, 15) is 9.59 Å². The SMILES string of the molecule is COc1ccc(NC(=O)c2cnc(C(C)(C)C)s2)cc1N1CCCC1=O. The summed E-state index contributed by atoms with van der Waals surface area (Å²) < 4.78 is 5.38. The number of carbonyl (C=O) groups is 2. The molecule has 1 aromatic carbocycles. The van der Waals surface area contributed by atoms with Gasteiger partial charge in [0.15, 0.2) is 0 Å². The number of hydrogen-bond acceptors (Lipinski definition) is 5. The Morgan fingerprint density at radius 2 is 2.12 bits per heavy atom. The second-order valence-corrected chi connectivity index (χ2v) is 8.30. The average molecular weight is 373 g/mol. The maximum atomic E-state index is 12.6. The summed E-state index contributed by atoms with van der Waals surface area (Å²) >= 11 is 1.39. The van der Waals surface area contributed by atoms with Crippen LogP contribution in [0.15, 0.2) is 24.4 Å². The number of methoxy groups -OCH3 is 1. The Balaban J connectivity index is 1.82. The Kier molecular flexibility index (Phi) is 5.00. The monoisotopic (exact) mass is 373 g/mol. The van der Waals surface area contributed by atoms with E-state index in [1.165, 1.54) is 11.3 Å². The van der Waals surface area contributed by atoms with Gasteiger partial charge in [-0.15, -0.1) is 11.3 Å². The van der Waals surface area contributed by atoms with E-state index in [4.69, 9.17) is 4.74 Å². The number of benzene rings is 1. The van der Waals surface area contributed by atoms with E-state index in [-0.39, 0.29) is 17.2 Å². The van der Waals surface area contributed by atoms with Crippen LogP contribution in [0.1, 0.15) is 48.3 Å². The lowest BCUT2D eigenvalue weighted by atomic mass is 9.98. The van der Waals surface area contributed by atoms with E-state index < -0.39 is 0 Å². The molecule has 2 heterocycles. The predicted octanol–water partition coefficient (Wildman–Crippen LogP) is 3.83. The zero-order chi connectivity index (χ0) is 18.9. The molecule has 0 atom stereocenters. The van der Waals surface area contributed by atoms with Gasteiger partial charge in [0.25, 0.3) is 5.91 Å². The molecule has 138 valence electrons. The van der Waals surface area contributed by atoms with E-state index in [0.717, 1.165) is 11.4 Å². The Bertz CT molecular complexity index is 839. The Hall–Kier alpha value is -2.41. The van der Waals surface area contributed by atoms with Crippen molar-refractivity contribution in [1.82, 2.24) is 4.98 Å². The summed E-state index contributed by atoms with van der Waals surface area (Å²) in [7, 11) is 1.57. The van der Waals surface area contributed by atoms with Crippen molar-refractivity contribution >= 4 is 34.5 Å². The molecule has 3 rings (SSSR count). The van der Waals surface area contributed by atoms with Crippen molar-refractivity contribution in [2.75, 3.05) is 23.9 Å². The van der Waals surface area contributed by atoms with Crippen LogP contribution in [0.4, 0.5) is 11.4 Å². The van der Waals surface area contributed by atoms with Crippen molar-refractivity contribution in [3.8, 4) is 5.75 Å². The highest BCUT2D eigenvalue weighted by Crippen LogP contribution is 2.34. The van der Waals surface area contributed by atoms with Gasteiger partial charge in [-0.05, 0) is 24.6 Å². The molecule has 0 bridgehead atoms. The van der Waals surface area contributed by atoms with Crippen LogP contribution in [0.2, 0.25) is 0 Å². The van der Waals surface area contributed by atoms with Gasteiger partial charge < -0.3 is 15.0 Å². The molecule has 1 saturated heterocycles. The number of ether oxygens (including phenoxy) is 1. The summed E-state index contributed by atoms with van der Waals surface area (Å²) in [6, 6.07) is 5.32. The van der Waals surface area contributed by atoms with Gasteiger partial charge in [0.1, 0.15) is 10.6 Å². The first-order chi connectivity index (χ1) is 12.3. The minimum absolute atomic E-state index is 0.0732. The summed E-state index contributed by atoms with van der Waals surface area (Å²) in [5.41, 5.74) is 1.22. The quantitative estimate of drug-likeness (QED) is 0.884. The van der Waals surface area contributed by atoms with Crippen molar-refractivity contribution in [2.24, 2.45) is 0 Å². The summed E-state index contributed by atoms with van der Waals surface area (Å²) in [4.78, 5) is 31.2. The summed E-state index contributed by atoms with van der Waals surface area (Å²) in [6.07, 6.45) is 2.97. The molecular formula is C19H23N3O3S. The molecule has 0 unspecified atom stereocenters. The fourth-order valence-electron chi connectivity index (χ4n) is 2.80. The highest BCUT2D eigenvalue weighted by Gasteiger charge is 2.25. The number of anilines is 2. The molecule has 0 spiro atoms. The highest BCUT2D eigenvalue weighted by molar-refractivity contribution is 7.13. The Labute approximate surface area is 157 Å². The Morgan fingerprint density at radius 3 is 2.69 bits per heavy atom. The largest absolute Gasteiger partial charge is 0.495 e. The lowest BCUT2D eigenvalue weighted by Gasteiger charge is -2.20. The smallest absolute Gasteiger partial charge is 0.267 e. The van der Waals surface area contributed by atoms with Crippen molar-refractivity contribution in [3.63, 3.8) is 0 Å². The number of rotatable bonds is 4. The molecule has 2 amide bonds. The van der Waals surface area contributed by atoms with Gasteiger partial charge in [-0.1, -0.05) is 20.8 Å². The van der Waals surface area contributed by atoms with Gasteiger partial charge in [0, 0.05) is 24.1 Å². The fraction of sp³-hybridized carbons (Fsp3) is 0.421. The molecule has 26 heavy (non-hydrogen) atoms. The van der Waals surface area contributed by atoms with E-state index in [2.05, 4.69) is 31.1 Å². The third-order valence-electron chi connectivity index (χ3n) is 4.17. The molecule has 1 fully saturated rings. The lowest BCUT2D eigenvalue weighted by Crippen LogP contribution is -2.24. The number of carbonyl (C=O) groups excluding carboxylic acids is 2. The molecule has 1 aromatic heterocycles. The Morgan fingerprint density at radius 1 is 1.35 bits per heavy atom. The number of nitrogens with one attached hydrogen (secondary N) is 1. The van der Waals surface area contributed by atoms with Crippen LogP contribution in [-0.4, -0.2) is 30.5 Å². The second kappa shape index (κ2) is 7.07. The van der Waals surface area contributed by atoms with E-state index in [1.54, 1.807) is 36.4 Å². The summed E-state index contributed by atoms with van der Waals surface area (Å²) in [6.45, 7) is 6.86. The molecule has 6 nitrogen and oxygen atoms in total. The zero-order valence-electron chi connectivity index (χ0n) is 15.5. The number of nitrogens with zero attached hydrogens (tertiary/aromatic N) is 2. The van der Waals surface area contributed by atoms with Crippen LogP contribution in [-0.2, 0) is 10.2 Å². The summed E-state index contributed by atoms with van der Waals surface area (Å²) in [5, 5.41) is 3.81. The van der Waals surface area contributed by atoms with Gasteiger partial charge in [-0.3, -0.25) is 9.59 Å². The van der Waals surface area contributed by atoms with Crippen LogP contribution in [0.3, 0.4) is 0 Å². The van der Waals surface area contributed by atoms with Crippen LogP contribution in [0.25, 0.3) is 0 Å². The number of amides is 2. The van der Waals surface area contributed by atoms with E-state index >= 15 is 0 Å². The van der Waals surface area contributed by atoms with Gasteiger partial charge in [0.05, 0.1) is 24.0 Å². The standard InChI is InChI=1S/C19H23N3O3S/c1-19(2,3)18-20-11-15(26-18)17(24)21-12-7-8-14(25-4)13(10-12)22-9-5-6-16(22)23/h7-8,10-11H,5-6,9H2,1-4H3,(H,21,24). The second-order valence-electron chi connectivity index (χ2n) is 7.27. The van der Waals surface area contributed by atoms with Crippen molar-refractivity contribution in [2.45, 2.75) is 39.0 Å². The fourth-order valence-corrected chi connectivity index (χ4v) is 3.67. The maximum Gasteiger partial charge on any atom is 0.267 e. The first kappa shape index (κ1) is 18.4. The number of aromatic nitrogens is 1. The van der Waals surface area contributed by atoms with Crippen LogP contribution >= 0.6 is 11.3 Å². The van der Waals surface area contributed by atoms with E-state index in [0.29, 0.717) is 35.0 Å². The van der Waals surface area contributed by atoms with Crippen LogP contribution in [0, 0.1) is 0 Å². The normalized spacial score (nSPS) is 14.6. The van der Waals surface area contributed by atoms with Gasteiger partial charge in [-0.2, -0.15) is 0 Å². The predicted molar refractivity (Wildman–Crippen MR) is 103 cm³/mol. The first-order valence-corrected chi connectivity index (χ1v) is 9.37. The highest BCUT2D eigenvalue weighted by atomic mass is 32.1. The van der Waals surface area contributed by atoms with Gasteiger partial charge in [-0.25, -0.2) is 4.98 Å². The van der Waals surface area contributed by atoms with Crippen molar-refractivity contribution in [1.29, 1.82) is 0 Å². The van der Waals surface area contributed by atoms with Gasteiger partial charge >= 0.3 is 0 Å². The molecule has 1 N–H and O–H groups in total. The van der Waals surface area contributed by atoms with Crippen LogP contribution in [0.5, 0.6) is 5.75 Å². The molecule has 1 aliphatic heterocycles. The molecule has 2 aromatic rings. The minimum atomic E-state index is -0.207. The molecule has 1 aliphatic rings. The first-order valence-electron chi connectivity index (χ1n) is 8.55. The number of hydrogen-bond donors (Lipinski definition) is 1. The molecule has 0 aliphatic carbocycles. The minimum Gasteiger partial charge on any atom is -0.495 e. The van der Waals surface area contributed by atoms with Gasteiger partial charge in [0.2, 0.25) is 5.91 Å². The molecule has 0 saturated carbocycles. The third kappa shape index (κ3) is 3.72. The third-order valence-corrected chi connectivity index (χ3v) is 5.59. The lowest BCUT2D eigenvalue weighted by molar-refractivity contribution is -0.117. The number of thiazole rings is 1. The maximum absolute atomic E-state index is 12.6. The molecule has 7 heteroatoms. The van der Waals surface area contributed by atoms with Crippen molar-refractivity contribution in [3.05, 3.63) is 34.3 Å². The molecule has 0 radical (unpaired) electrons. The van der Waals surface area contributed by atoms with E-state index in [1.807, 2.05) is 0 Å². The average Bonchev–Trinajstić information content (AvgIpc) is 3.23. The zero-order valence-corrected chi connectivity index (χ0v) is 16.3. The topological polar surface area (TPSA) is 71.5 Å². The van der Waals surface area contributed by atoms with Crippen LogP contribution < -0.4 is 15.0 Å². The summed E-state index contributed by atoms with van der Waals surface area (Å²) in [5.74, 6) is 0.483.